The van der Waals surface area contributed by atoms with E-state index in [-0.39, 0.29) is 11.5 Å². The van der Waals surface area contributed by atoms with Crippen molar-refractivity contribution < 1.29 is 9.90 Å². The number of rotatable bonds is 7. The maximum atomic E-state index is 12.3. The molecule has 8 heteroatoms. The fourth-order valence-electron chi connectivity index (χ4n) is 3.28. The number of halogens is 1. The Balaban J connectivity index is 1.54. The summed E-state index contributed by atoms with van der Waals surface area (Å²) in [5, 5.41) is 18.7. The largest absolute Gasteiger partial charge is 0.596 e. The van der Waals surface area contributed by atoms with Gasteiger partial charge in [0.05, 0.1) is 16.8 Å². The van der Waals surface area contributed by atoms with E-state index in [4.69, 9.17) is 22.1 Å². The summed E-state index contributed by atoms with van der Waals surface area (Å²) in [6, 6.07) is 11.9. The molecule has 0 aliphatic carbocycles. The first kappa shape index (κ1) is 21.4. The minimum atomic E-state index is -0.527. The Kier molecular flexibility index (Phi) is 6.95. The molecule has 2 heterocycles. The van der Waals surface area contributed by atoms with Crippen LogP contribution in [0.4, 0.5) is 11.4 Å². The zero-order valence-electron chi connectivity index (χ0n) is 16.5. The maximum absolute atomic E-state index is 12.3. The van der Waals surface area contributed by atoms with Gasteiger partial charge in [-0.25, -0.2) is 0 Å². The Morgan fingerprint density at radius 3 is 2.66 bits per heavy atom. The van der Waals surface area contributed by atoms with Gasteiger partial charge in [0.2, 0.25) is 5.76 Å². The van der Waals surface area contributed by atoms with Crippen molar-refractivity contribution in [2.75, 3.05) is 37.4 Å². The van der Waals surface area contributed by atoms with Crippen LogP contribution in [0, 0.1) is 5.41 Å². The highest BCUT2D eigenvalue weighted by molar-refractivity contribution is 7.16. The maximum Gasteiger partial charge on any atom is 0.273 e. The number of anilines is 2. The standard InChI is InChI=1S/C21H25ClN4O2S/c1-25(2)16-9-10-26(13-16)15-5-3-14(4-6-15)24-21(28)19(23)12-17(27)11-18-7-8-20(22)29-18/h3-8,12,16,23,27H,9-11,13H2,1-2H3,(H,24,28)/p+1/b17-12-,23-19?. The van der Waals surface area contributed by atoms with Crippen molar-refractivity contribution in [3.05, 3.63) is 57.4 Å². The van der Waals surface area contributed by atoms with Crippen molar-refractivity contribution in [3.8, 4) is 0 Å². The van der Waals surface area contributed by atoms with Crippen LogP contribution in [-0.4, -0.2) is 54.9 Å². The Morgan fingerprint density at radius 1 is 1.34 bits per heavy atom. The minimum Gasteiger partial charge on any atom is -0.596 e. The molecule has 1 saturated heterocycles. The van der Waals surface area contributed by atoms with E-state index in [1.807, 2.05) is 30.3 Å². The lowest BCUT2D eigenvalue weighted by atomic mass is 10.2. The molecule has 1 aliphatic rings. The second-order valence-corrected chi connectivity index (χ2v) is 9.12. The van der Waals surface area contributed by atoms with Gasteiger partial charge in [-0.15, -0.1) is 11.3 Å². The number of hydrogen-bond acceptors (Lipinski definition) is 5. The average molecular weight is 434 g/mol. The molecule has 4 N–H and O–H groups in total. The van der Waals surface area contributed by atoms with Crippen LogP contribution in [-0.2, 0) is 11.2 Å². The van der Waals surface area contributed by atoms with Gasteiger partial charge in [0.25, 0.3) is 5.91 Å². The number of thiophene rings is 1. The summed E-state index contributed by atoms with van der Waals surface area (Å²) >= 11 is 7.28. The van der Waals surface area contributed by atoms with E-state index >= 15 is 0 Å². The molecule has 1 aliphatic heterocycles. The van der Waals surface area contributed by atoms with Crippen molar-refractivity contribution in [1.82, 2.24) is 4.90 Å². The van der Waals surface area contributed by atoms with Crippen LogP contribution in [0.5, 0.6) is 0 Å². The smallest absolute Gasteiger partial charge is 0.273 e. The van der Waals surface area contributed by atoms with Crippen LogP contribution in [0.2, 0.25) is 4.34 Å². The van der Waals surface area contributed by atoms with Gasteiger partial charge in [0, 0.05) is 35.4 Å². The van der Waals surface area contributed by atoms with Gasteiger partial charge in [-0.2, -0.15) is 0 Å². The third kappa shape index (κ3) is 5.82. The highest BCUT2D eigenvalue weighted by atomic mass is 35.5. The molecular weight excluding hydrogens is 408 g/mol. The summed E-state index contributed by atoms with van der Waals surface area (Å²) in [5.74, 6) is -0.330. The van der Waals surface area contributed by atoms with Gasteiger partial charge in [-0.3, -0.25) is 10.2 Å². The monoisotopic (exact) mass is 433 g/mol. The van der Waals surface area contributed by atoms with Crippen LogP contribution in [0.3, 0.4) is 0 Å². The van der Waals surface area contributed by atoms with E-state index < -0.39 is 5.91 Å². The number of benzene rings is 1. The second kappa shape index (κ2) is 9.43. The molecule has 29 heavy (non-hydrogen) atoms. The quantitative estimate of drug-likeness (QED) is 0.399. The van der Waals surface area contributed by atoms with Crippen molar-refractivity contribution in [2.45, 2.75) is 18.9 Å². The molecular formula is C21H26ClN4O2S+. The zero-order valence-corrected chi connectivity index (χ0v) is 18.1. The van der Waals surface area contributed by atoms with Crippen LogP contribution < -0.4 is 10.2 Å². The molecule has 1 fully saturated rings. The topological polar surface area (TPSA) is 82.3 Å². The zero-order chi connectivity index (χ0) is 21.0. The molecule has 0 radical (unpaired) electrons. The Bertz CT molecular complexity index is 908. The minimum absolute atomic E-state index is 0.198. The van der Waals surface area contributed by atoms with Crippen molar-refractivity contribution >= 4 is 45.9 Å². The highest BCUT2D eigenvalue weighted by Gasteiger charge is 2.24. The van der Waals surface area contributed by atoms with E-state index in [1.54, 1.807) is 6.07 Å². The van der Waals surface area contributed by atoms with Crippen molar-refractivity contribution in [1.29, 1.82) is 5.41 Å². The molecule has 0 bridgehead atoms. The van der Waals surface area contributed by atoms with Gasteiger partial charge < -0.3 is 20.2 Å². The summed E-state index contributed by atoms with van der Waals surface area (Å²) in [7, 11) is 4.21. The fourth-order valence-corrected chi connectivity index (χ4v) is 4.39. The summed E-state index contributed by atoms with van der Waals surface area (Å²) in [4.78, 5) is 17.8. The lowest BCUT2D eigenvalue weighted by Gasteiger charge is -2.22. The first-order chi connectivity index (χ1) is 13.8. The van der Waals surface area contributed by atoms with E-state index in [9.17, 15) is 4.79 Å². The molecule has 2 aromatic rings. The highest BCUT2D eigenvalue weighted by Crippen LogP contribution is 2.24. The van der Waals surface area contributed by atoms with Crippen LogP contribution in [0.15, 0.2) is 48.2 Å². The van der Waals surface area contributed by atoms with E-state index in [0.717, 1.165) is 30.1 Å². The molecule has 1 aromatic heterocycles. The molecule has 3 rings (SSSR count). The summed E-state index contributed by atoms with van der Waals surface area (Å²) in [5.41, 5.74) is 1.53. The average Bonchev–Trinajstić information content (AvgIpc) is 3.31. The molecule has 6 nitrogen and oxygen atoms in total. The van der Waals surface area contributed by atoms with Gasteiger partial charge in [-0.05, 0) is 56.9 Å². The third-order valence-corrected chi connectivity index (χ3v) is 6.17. The summed E-state index contributed by atoms with van der Waals surface area (Å²) in [6.45, 7) is 2.02. The Labute approximate surface area is 179 Å². The number of nitrogens with one attached hydrogen (secondary N) is 2. The molecule has 154 valence electrons. The lowest BCUT2D eigenvalue weighted by Crippen LogP contribution is -2.31. The lowest BCUT2D eigenvalue weighted by molar-refractivity contribution is -0.110. The Morgan fingerprint density at radius 2 is 2.07 bits per heavy atom. The number of nitrogens with zero attached hydrogens (tertiary/aromatic N) is 2. The van der Waals surface area contributed by atoms with Gasteiger partial charge in [0.15, 0.2) is 0 Å². The van der Waals surface area contributed by atoms with Crippen LogP contribution >= 0.6 is 22.9 Å². The van der Waals surface area contributed by atoms with Crippen molar-refractivity contribution in [2.24, 2.45) is 0 Å². The number of carbonyl (C=O) groups is 1. The summed E-state index contributed by atoms with van der Waals surface area (Å²) in [6.07, 6.45) is 2.77. The molecule has 0 saturated carbocycles. The molecule has 1 unspecified atom stereocenters. The third-order valence-electron chi connectivity index (χ3n) is 4.94. The number of likely N-dealkylation sites (N-methyl/N-ethyl adjacent to an activating group) is 1. The van der Waals surface area contributed by atoms with E-state index in [1.165, 1.54) is 17.4 Å². The predicted molar refractivity (Wildman–Crippen MR) is 122 cm³/mol. The van der Waals surface area contributed by atoms with Crippen LogP contribution in [0.25, 0.3) is 0 Å². The predicted octanol–water partition coefficient (Wildman–Crippen LogP) is 3.35. The normalized spacial score (nSPS) is 17.0. The van der Waals surface area contributed by atoms with E-state index in [2.05, 4.69) is 29.2 Å². The molecule has 1 atom stereocenters. The molecule has 0 spiro atoms. The van der Waals surface area contributed by atoms with Gasteiger partial charge in [-0.1, -0.05) is 11.6 Å². The van der Waals surface area contributed by atoms with Gasteiger partial charge >= 0.3 is 0 Å². The fraction of sp³-hybridized carbons (Fsp3) is 0.333. The van der Waals surface area contributed by atoms with Crippen molar-refractivity contribution in [3.63, 3.8) is 0 Å². The first-order valence-electron chi connectivity index (χ1n) is 9.39. The SMILES string of the molecule is CN(C)C1CCN(c2ccc(NC(=O)C(=N)/C=C(\[OH2+])Cc3ccc(Cl)s3)cc2)C1. The number of amides is 1. The molecule has 1 amide bonds. The van der Waals surface area contributed by atoms with Gasteiger partial charge in [0.1, 0.15) is 5.71 Å². The van der Waals surface area contributed by atoms with Crippen LogP contribution in [0.1, 0.15) is 11.3 Å². The number of allylic oxidation sites excluding steroid dienone is 1. The number of carbonyl (C=O) groups excluding carboxylic acids is 1. The Hall–Kier alpha value is -2.35. The van der Waals surface area contributed by atoms with E-state index in [0.29, 0.717) is 22.5 Å². The molecule has 1 aromatic carbocycles. The first-order valence-corrected chi connectivity index (χ1v) is 10.6. The number of hydrogen-bond donors (Lipinski definition) is 2. The second-order valence-electron chi connectivity index (χ2n) is 7.32. The summed E-state index contributed by atoms with van der Waals surface area (Å²) < 4.78 is 0.662.